The molecule has 1 aliphatic heterocycles. The normalized spacial score (nSPS) is 16.6. The number of carbonyl (C=O) groups excluding carboxylic acids is 1. The van der Waals surface area contributed by atoms with Crippen molar-refractivity contribution in [3.05, 3.63) is 29.8 Å². The van der Waals surface area contributed by atoms with E-state index in [0.29, 0.717) is 12.3 Å². The highest BCUT2D eigenvalue weighted by Gasteiger charge is 2.22. The smallest absolute Gasteiger partial charge is 0.226 e. The molecule has 0 radical (unpaired) electrons. The molecule has 4 heteroatoms. The van der Waals surface area contributed by atoms with E-state index in [0.717, 1.165) is 38.0 Å². The number of rotatable bonds is 4. The average molecular weight is 262 g/mol. The molecule has 0 aliphatic carbocycles. The third-order valence-electron chi connectivity index (χ3n) is 3.73. The van der Waals surface area contributed by atoms with Gasteiger partial charge in [0, 0.05) is 13.1 Å². The summed E-state index contributed by atoms with van der Waals surface area (Å²) < 4.78 is 0. The summed E-state index contributed by atoms with van der Waals surface area (Å²) in [6, 6.07) is 6.94. The number of aromatic hydroxyl groups is 1. The zero-order valence-corrected chi connectivity index (χ0v) is 11.4. The molecule has 1 heterocycles. The van der Waals surface area contributed by atoms with E-state index in [4.69, 9.17) is 0 Å². The van der Waals surface area contributed by atoms with Crippen LogP contribution in [-0.2, 0) is 11.2 Å². The van der Waals surface area contributed by atoms with E-state index in [1.54, 1.807) is 18.2 Å². The Morgan fingerprint density at radius 3 is 2.79 bits per heavy atom. The maximum Gasteiger partial charge on any atom is 0.226 e. The monoisotopic (exact) mass is 262 g/mol. The Bertz CT molecular complexity index is 426. The van der Waals surface area contributed by atoms with Gasteiger partial charge in [-0.1, -0.05) is 12.1 Å². The first-order chi connectivity index (χ1) is 9.19. The highest BCUT2D eigenvalue weighted by molar-refractivity contribution is 5.79. The highest BCUT2D eigenvalue weighted by Crippen LogP contribution is 2.18. The number of benzene rings is 1. The fourth-order valence-corrected chi connectivity index (χ4v) is 2.63. The summed E-state index contributed by atoms with van der Waals surface area (Å²) in [6.45, 7) is 2.74. The molecule has 2 N–H and O–H groups in total. The Kier molecular flexibility index (Phi) is 4.80. The number of nitrogens with one attached hydrogen (secondary N) is 1. The average Bonchev–Trinajstić information content (AvgIpc) is 2.40. The van der Waals surface area contributed by atoms with Gasteiger partial charge in [0.05, 0.1) is 6.42 Å². The number of amides is 1. The van der Waals surface area contributed by atoms with Crippen LogP contribution < -0.4 is 5.32 Å². The SMILES string of the molecule is CNCC1CCN(C(=O)Cc2cccc(O)c2)CC1. The molecule has 1 aromatic carbocycles. The van der Waals surface area contributed by atoms with E-state index in [9.17, 15) is 9.90 Å². The van der Waals surface area contributed by atoms with Gasteiger partial charge in [-0.3, -0.25) is 4.79 Å². The molecule has 1 fully saturated rings. The van der Waals surface area contributed by atoms with Crippen molar-refractivity contribution < 1.29 is 9.90 Å². The van der Waals surface area contributed by atoms with E-state index < -0.39 is 0 Å². The van der Waals surface area contributed by atoms with Gasteiger partial charge in [0.1, 0.15) is 5.75 Å². The van der Waals surface area contributed by atoms with Crippen molar-refractivity contribution in [2.45, 2.75) is 19.3 Å². The Hall–Kier alpha value is -1.55. The van der Waals surface area contributed by atoms with Crippen LogP contribution in [0.5, 0.6) is 5.75 Å². The first-order valence-corrected chi connectivity index (χ1v) is 6.89. The molecule has 0 bridgehead atoms. The Balaban J connectivity index is 1.84. The van der Waals surface area contributed by atoms with Gasteiger partial charge in [0.15, 0.2) is 0 Å². The maximum atomic E-state index is 12.2. The lowest BCUT2D eigenvalue weighted by Gasteiger charge is -2.32. The first-order valence-electron chi connectivity index (χ1n) is 6.89. The van der Waals surface area contributed by atoms with Gasteiger partial charge < -0.3 is 15.3 Å². The largest absolute Gasteiger partial charge is 0.508 e. The van der Waals surface area contributed by atoms with Crippen molar-refractivity contribution in [1.82, 2.24) is 10.2 Å². The lowest BCUT2D eigenvalue weighted by Crippen LogP contribution is -2.41. The van der Waals surface area contributed by atoms with Crippen molar-refractivity contribution >= 4 is 5.91 Å². The molecule has 19 heavy (non-hydrogen) atoms. The molecule has 104 valence electrons. The summed E-state index contributed by atoms with van der Waals surface area (Å²) in [7, 11) is 1.97. The summed E-state index contributed by atoms with van der Waals surface area (Å²) >= 11 is 0. The number of phenolic OH excluding ortho intramolecular Hbond substituents is 1. The molecule has 1 saturated heterocycles. The lowest BCUT2D eigenvalue weighted by atomic mass is 9.96. The summed E-state index contributed by atoms with van der Waals surface area (Å²) in [6.07, 6.45) is 2.53. The summed E-state index contributed by atoms with van der Waals surface area (Å²) in [4.78, 5) is 14.1. The third kappa shape index (κ3) is 3.96. The molecular formula is C15H22N2O2. The second kappa shape index (κ2) is 6.57. The summed E-state index contributed by atoms with van der Waals surface area (Å²) in [5.74, 6) is 1.07. The number of likely N-dealkylation sites (tertiary alicyclic amines) is 1. The molecule has 0 spiro atoms. The predicted molar refractivity (Wildman–Crippen MR) is 75.0 cm³/mol. The molecule has 2 rings (SSSR count). The van der Waals surface area contributed by atoms with Crippen LogP contribution >= 0.6 is 0 Å². The highest BCUT2D eigenvalue weighted by atomic mass is 16.3. The third-order valence-corrected chi connectivity index (χ3v) is 3.73. The zero-order chi connectivity index (χ0) is 13.7. The van der Waals surface area contributed by atoms with E-state index in [-0.39, 0.29) is 11.7 Å². The molecule has 0 saturated carbocycles. The summed E-state index contributed by atoms with van der Waals surface area (Å²) in [5.41, 5.74) is 0.877. The lowest BCUT2D eigenvalue weighted by molar-refractivity contribution is -0.131. The molecule has 0 aromatic heterocycles. The standard InChI is InChI=1S/C15H22N2O2/c1-16-11-12-5-7-17(8-6-12)15(19)10-13-3-2-4-14(18)9-13/h2-4,9,12,16,18H,5-8,10-11H2,1H3. The maximum absolute atomic E-state index is 12.2. The van der Waals surface area contributed by atoms with Crippen LogP contribution in [0.25, 0.3) is 0 Å². The minimum Gasteiger partial charge on any atom is -0.508 e. The first kappa shape index (κ1) is 13.9. The molecule has 4 nitrogen and oxygen atoms in total. The summed E-state index contributed by atoms with van der Waals surface area (Å²) in [5, 5.41) is 12.6. The number of hydrogen-bond donors (Lipinski definition) is 2. The van der Waals surface area contributed by atoms with Crippen LogP contribution in [0.3, 0.4) is 0 Å². The minimum atomic E-state index is 0.161. The van der Waals surface area contributed by atoms with E-state index in [2.05, 4.69) is 5.32 Å². The quantitative estimate of drug-likeness (QED) is 0.862. The van der Waals surface area contributed by atoms with Gasteiger partial charge in [-0.2, -0.15) is 0 Å². The van der Waals surface area contributed by atoms with Gasteiger partial charge in [-0.15, -0.1) is 0 Å². The molecule has 1 aliphatic rings. The van der Waals surface area contributed by atoms with Gasteiger partial charge in [0.25, 0.3) is 0 Å². The second-order valence-corrected chi connectivity index (χ2v) is 5.23. The number of phenols is 1. The van der Waals surface area contributed by atoms with Crippen LogP contribution in [0.1, 0.15) is 18.4 Å². The van der Waals surface area contributed by atoms with Crippen LogP contribution in [0.2, 0.25) is 0 Å². The van der Waals surface area contributed by atoms with E-state index >= 15 is 0 Å². The van der Waals surface area contributed by atoms with Crippen molar-refractivity contribution in [2.24, 2.45) is 5.92 Å². The number of hydrogen-bond acceptors (Lipinski definition) is 3. The van der Waals surface area contributed by atoms with Crippen LogP contribution in [0, 0.1) is 5.92 Å². The predicted octanol–water partition coefficient (Wildman–Crippen LogP) is 1.39. The molecule has 1 amide bonds. The Morgan fingerprint density at radius 1 is 1.42 bits per heavy atom. The molecule has 1 aromatic rings. The number of carbonyl (C=O) groups is 1. The van der Waals surface area contributed by atoms with Gasteiger partial charge in [-0.05, 0) is 50.0 Å². The van der Waals surface area contributed by atoms with Crippen LogP contribution in [-0.4, -0.2) is 42.6 Å². The van der Waals surface area contributed by atoms with Crippen molar-refractivity contribution in [1.29, 1.82) is 0 Å². The second-order valence-electron chi connectivity index (χ2n) is 5.23. The number of nitrogens with zero attached hydrogens (tertiary/aromatic N) is 1. The fraction of sp³-hybridized carbons (Fsp3) is 0.533. The van der Waals surface area contributed by atoms with Crippen LogP contribution in [0.4, 0.5) is 0 Å². The Labute approximate surface area is 114 Å². The van der Waals surface area contributed by atoms with Gasteiger partial charge in [0.2, 0.25) is 5.91 Å². The topological polar surface area (TPSA) is 52.6 Å². The van der Waals surface area contributed by atoms with Gasteiger partial charge >= 0.3 is 0 Å². The van der Waals surface area contributed by atoms with E-state index in [1.807, 2.05) is 18.0 Å². The molecular weight excluding hydrogens is 240 g/mol. The van der Waals surface area contributed by atoms with Crippen molar-refractivity contribution in [2.75, 3.05) is 26.7 Å². The zero-order valence-electron chi connectivity index (χ0n) is 11.4. The van der Waals surface area contributed by atoms with Crippen molar-refractivity contribution in [3.8, 4) is 5.75 Å². The van der Waals surface area contributed by atoms with E-state index in [1.165, 1.54) is 0 Å². The molecule has 0 atom stereocenters. The van der Waals surface area contributed by atoms with Crippen LogP contribution in [0.15, 0.2) is 24.3 Å². The van der Waals surface area contributed by atoms with Crippen molar-refractivity contribution in [3.63, 3.8) is 0 Å². The minimum absolute atomic E-state index is 0.161. The fourth-order valence-electron chi connectivity index (χ4n) is 2.63. The van der Waals surface area contributed by atoms with Gasteiger partial charge in [-0.25, -0.2) is 0 Å². The number of piperidine rings is 1. The Morgan fingerprint density at radius 2 is 2.16 bits per heavy atom. The molecule has 0 unspecified atom stereocenters.